The zero-order valence-electron chi connectivity index (χ0n) is 20.1. The fraction of sp³-hybridized carbons (Fsp3) is 0.276. The normalized spacial score (nSPS) is 15.0. The molecule has 0 atom stereocenters. The minimum Gasteiger partial charge on any atom is -0.507 e. The summed E-state index contributed by atoms with van der Waals surface area (Å²) in [5.41, 5.74) is 0.738. The van der Waals surface area contributed by atoms with Gasteiger partial charge in [0.25, 0.3) is 5.76 Å². The Morgan fingerprint density at radius 1 is 0.865 bits per heavy atom. The molecule has 0 amide bonds. The quantitative estimate of drug-likeness (QED) is 0.305. The second-order valence-corrected chi connectivity index (χ2v) is 9.21. The smallest absolute Gasteiger partial charge is 0.453 e. The van der Waals surface area contributed by atoms with E-state index in [1.54, 1.807) is 12.1 Å². The molecule has 0 bridgehead atoms. The first-order valence-corrected chi connectivity index (χ1v) is 12.3. The lowest BCUT2D eigenvalue weighted by Gasteiger charge is -2.21. The summed E-state index contributed by atoms with van der Waals surface area (Å²) in [6.45, 7) is 1.70. The first-order valence-electron chi connectivity index (χ1n) is 12.3. The Morgan fingerprint density at radius 2 is 1.51 bits per heavy atom. The monoisotopic (exact) mass is 509 g/mol. The topological polar surface area (TPSA) is 62.9 Å². The van der Waals surface area contributed by atoms with Crippen molar-refractivity contribution < 1.29 is 27.4 Å². The second-order valence-electron chi connectivity index (χ2n) is 9.21. The molecule has 37 heavy (non-hydrogen) atoms. The molecule has 1 N–H and O–H groups in total. The van der Waals surface area contributed by atoms with Crippen LogP contribution in [-0.4, -0.2) is 23.1 Å². The molecule has 4 aromatic rings. The van der Waals surface area contributed by atoms with Crippen molar-refractivity contribution >= 4 is 11.0 Å². The van der Waals surface area contributed by atoms with Crippen molar-refractivity contribution in [3.05, 3.63) is 88.3 Å². The number of rotatable bonds is 5. The highest BCUT2D eigenvalue weighted by Crippen LogP contribution is 2.40. The van der Waals surface area contributed by atoms with E-state index in [0.29, 0.717) is 0 Å². The maximum Gasteiger partial charge on any atom is 0.453 e. The van der Waals surface area contributed by atoms with Crippen LogP contribution >= 0.6 is 0 Å². The Hall–Kier alpha value is -3.78. The molecule has 3 aromatic carbocycles. The van der Waals surface area contributed by atoms with Gasteiger partial charge in [0.05, 0.1) is 10.9 Å². The standard InChI is InChI=1S/C29H26F3NO4/c30-29(31,32)28-27(36-21-12-10-20(11-13-21)19-8-4-3-5-9-19)25(35)22-14-15-24(34)23(26(22)37-28)18-33-16-6-1-2-7-17-33/h3-5,8-15,34H,1-2,6-7,16-18H2. The molecule has 192 valence electrons. The predicted molar refractivity (Wildman–Crippen MR) is 135 cm³/mol. The second kappa shape index (κ2) is 10.3. The first kappa shape index (κ1) is 24.9. The van der Waals surface area contributed by atoms with E-state index in [2.05, 4.69) is 4.90 Å². The summed E-state index contributed by atoms with van der Waals surface area (Å²) in [6.07, 6.45) is -0.899. The van der Waals surface area contributed by atoms with Crippen molar-refractivity contribution in [1.82, 2.24) is 4.90 Å². The third-order valence-corrected chi connectivity index (χ3v) is 6.62. The fourth-order valence-electron chi connectivity index (χ4n) is 4.70. The van der Waals surface area contributed by atoms with Crippen LogP contribution in [0.2, 0.25) is 0 Å². The van der Waals surface area contributed by atoms with Crippen LogP contribution in [0.3, 0.4) is 0 Å². The van der Waals surface area contributed by atoms with Crippen molar-refractivity contribution in [2.45, 2.75) is 38.4 Å². The van der Waals surface area contributed by atoms with Gasteiger partial charge in [0.2, 0.25) is 11.2 Å². The van der Waals surface area contributed by atoms with Gasteiger partial charge in [-0.15, -0.1) is 0 Å². The SMILES string of the molecule is O=c1c(Oc2ccc(-c3ccccc3)cc2)c(C(F)(F)F)oc2c(CN3CCCCCC3)c(O)ccc12. The molecular weight excluding hydrogens is 483 g/mol. The van der Waals surface area contributed by atoms with E-state index in [-0.39, 0.29) is 34.6 Å². The molecule has 1 aromatic heterocycles. The lowest BCUT2D eigenvalue weighted by molar-refractivity contribution is -0.154. The number of phenols is 1. The molecule has 5 rings (SSSR count). The number of alkyl halides is 3. The molecule has 0 saturated carbocycles. The molecule has 1 saturated heterocycles. The number of ether oxygens (including phenoxy) is 1. The summed E-state index contributed by atoms with van der Waals surface area (Å²) in [6, 6.07) is 18.5. The number of halogens is 3. The molecular formula is C29H26F3NO4. The van der Waals surface area contributed by atoms with Gasteiger partial charge in [-0.05, 0) is 61.3 Å². The van der Waals surface area contributed by atoms with Crippen LogP contribution in [0.15, 0.2) is 75.9 Å². The average Bonchev–Trinajstić information content (AvgIpc) is 3.16. The highest BCUT2D eigenvalue weighted by Gasteiger charge is 2.41. The van der Waals surface area contributed by atoms with Gasteiger partial charge in [-0.3, -0.25) is 9.69 Å². The Labute approximate surface area is 211 Å². The van der Waals surface area contributed by atoms with E-state index in [9.17, 15) is 23.1 Å². The molecule has 1 aliphatic heterocycles. The zero-order chi connectivity index (χ0) is 26.0. The highest BCUT2D eigenvalue weighted by molar-refractivity contribution is 5.83. The average molecular weight is 510 g/mol. The van der Waals surface area contributed by atoms with Crippen LogP contribution in [0.5, 0.6) is 17.2 Å². The van der Waals surface area contributed by atoms with Crippen LogP contribution in [0.25, 0.3) is 22.1 Å². The minimum atomic E-state index is -4.99. The number of likely N-dealkylation sites (tertiary alicyclic amines) is 1. The number of aromatic hydroxyl groups is 1. The van der Waals surface area contributed by atoms with E-state index in [0.717, 1.165) is 49.9 Å². The predicted octanol–water partition coefficient (Wildman–Crippen LogP) is 7.35. The van der Waals surface area contributed by atoms with Gasteiger partial charge in [-0.25, -0.2) is 0 Å². The van der Waals surface area contributed by atoms with Crippen molar-refractivity contribution in [2.75, 3.05) is 13.1 Å². The maximum atomic E-state index is 14.1. The third kappa shape index (κ3) is 5.34. The van der Waals surface area contributed by atoms with Crippen LogP contribution in [-0.2, 0) is 12.7 Å². The van der Waals surface area contributed by atoms with Crippen molar-refractivity contribution in [2.24, 2.45) is 0 Å². The van der Waals surface area contributed by atoms with Gasteiger partial charge in [0.1, 0.15) is 17.1 Å². The summed E-state index contributed by atoms with van der Waals surface area (Å²) < 4.78 is 53.2. The number of fused-ring (bicyclic) bond motifs is 1. The van der Waals surface area contributed by atoms with E-state index in [1.165, 1.54) is 24.3 Å². The van der Waals surface area contributed by atoms with Crippen molar-refractivity contribution in [3.8, 4) is 28.4 Å². The molecule has 0 unspecified atom stereocenters. The van der Waals surface area contributed by atoms with Crippen molar-refractivity contribution in [3.63, 3.8) is 0 Å². The lowest BCUT2D eigenvalue weighted by Crippen LogP contribution is -2.24. The van der Waals surface area contributed by atoms with Crippen LogP contribution < -0.4 is 10.2 Å². The fourth-order valence-corrected chi connectivity index (χ4v) is 4.70. The van der Waals surface area contributed by atoms with Gasteiger partial charge >= 0.3 is 6.18 Å². The molecule has 5 nitrogen and oxygen atoms in total. The molecule has 0 spiro atoms. The van der Waals surface area contributed by atoms with Crippen LogP contribution in [0.1, 0.15) is 37.0 Å². The summed E-state index contributed by atoms with van der Waals surface area (Å²) in [7, 11) is 0. The van der Waals surface area contributed by atoms with Crippen LogP contribution in [0, 0.1) is 0 Å². The highest BCUT2D eigenvalue weighted by atomic mass is 19.4. The van der Waals surface area contributed by atoms with E-state index in [4.69, 9.17) is 9.15 Å². The van der Waals surface area contributed by atoms with Gasteiger partial charge in [-0.2, -0.15) is 13.2 Å². The van der Waals surface area contributed by atoms with E-state index >= 15 is 0 Å². The first-order chi connectivity index (χ1) is 17.8. The number of hydrogen-bond donors (Lipinski definition) is 1. The number of nitrogens with zero attached hydrogens (tertiary/aromatic N) is 1. The largest absolute Gasteiger partial charge is 0.507 e. The van der Waals surface area contributed by atoms with Crippen LogP contribution in [0.4, 0.5) is 13.2 Å². The van der Waals surface area contributed by atoms with Gasteiger partial charge < -0.3 is 14.3 Å². The number of phenolic OH excluding ortho intramolecular Hbond substituents is 1. The number of benzene rings is 3. The van der Waals surface area contributed by atoms with Gasteiger partial charge in [-0.1, -0.05) is 55.3 Å². The third-order valence-electron chi connectivity index (χ3n) is 6.62. The molecule has 2 heterocycles. The Morgan fingerprint density at radius 3 is 2.16 bits per heavy atom. The number of hydrogen-bond acceptors (Lipinski definition) is 5. The summed E-state index contributed by atoms with van der Waals surface area (Å²) in [4.78, 5) is 15.4. The molecule has 0 aliphatic carbocycles. The molecule has 1 aliphatic rings. The zero-order valence-corrected chi connectivity index (χ0v) is 20.1. The summed E-state index contributed by atoms with van der Waals surface area (Å²) >= 11 is 0. The van der Waals surface area contributed by atoms with E-state index < -0.39 is 23.1 Å². The Kier molecular flexibility index (Phi) is 6.93. The van der Waals surface area contributed by atoms with Crippen molar-refractivity contribution in [1.29, 1.82) is 0 Å². The summed E-state index contributed by atoms with van der Waals surface area (Å²) in [5.74, 6) is -2.60. The lowest BCUT2D eigenvalue weighted by atomic mass is 10.1. The Bertz CT molecular complexity index is 1440. The van der Waals surface area contributed by atoms with Gasteiger partial charge in [0, 0.05) is 6.54 Å². The minimum absolute atomic E-state index is 0.0698. The molecule has 0 radical (unpaired) electrons. The molecule has 8 heteroatoms. The molecule has 1 fully saturated rings. The van der Waals surface area contributed by atoms with E-state index in [1.807, 2.05) is 30.3 Å². The summed E-state index contributed by atoms with van der Waals surface area (Å²) in [5, 5.41) is 10.4. The Balaban J connectivity index is 1.55. The van der Waals surface area contributed by atoms with Gasteiger partial charge in [0.15, 0.2) is 0 Å². The maximum absolute atomic E-state index is 14.1.